The van der Waals surface area contributed by atoms with Crippen LogP contribution in [0.5, 0.6) is 0 Å². The number of halogens is 3. The van der Waals surface area contributed by atoms with Crippen LogP contribution in [-0.2, 0) is 13.1 Å². The molecule has 148 valence electrons. The van der Waals surface area contributed by atoms with Crippen molar-refractivity contribution in [3.8, 4) is 5.69 Å². The number of hydrogen-bond donors (Lipinski definition) is 2. The van der Waals surface area contributed by atoms with Gasteiger partial charge >= 0.3 is 0 Å². The molecule has 8 heteroatoms. The fourth-order valence-electron chi connectivity index (χ4n) is 2.68. The van der Waals surface area contributed by atoms with Crippen LogP contribution in [0.3, 0.4) is 0 Å². The van der Waals surface area contributed by atoms with Crippen molar-refractivity contribution in [1.82, 2.24) is 20.2 Å². The molecule has 0 saturated carbocycles. The number of nitrogens with one attached hydrogen (secondary N) is 2. The molecule has 0 amide bonds. The first-order valence-electron chi connectivity index (χ1n) is 8.54. The van der Waals surface area contributed by atoms with Crippen LogP contribution in [0.25, 0.3) is 5.69 Å². The Morgan fingerprint density at radius 2 is 1.68 bits per heavy atom. The van der Waals surface area contributed by atoms with E-state index in [1.165, 1.54) is 18.2 Å². The van der Waals surface area contributed by atoms with Gasteiger partial charge in [-0.3, -0.25) is 4.99 Å². The number of aliphatic imine (C=N–C) groups is 1. The van der Waals surface area contributed by atoms with Crippen molar-refractivity contribution in [1.29, 1.82) is 0 Å². The third-order valence-electron chi connectivity index (χ3n) is 4.15. The Morgan fingerprint density at radius 3 is 2.25 bits per heavy atom. The lowest BCUT2D eigenvalue weighted by Crippen LogP contribution is -2.36. The zero-order chi connectivity index (χ0) is 19.2. The molecule has 0 bridgehead atoms. The first-order valence-corrected chi connectivity index (χ1v) is 8.54. The number of aryl methyl sites for hydroxylation is 1. The van der Waals surface area contributed by atoms with E-state index in [1.807, 2.05) is 13.0 Å². The van der Waals surface area contributed by atoms with Gasteiger partial charge in [-0.25, -0.2) is 13.8 Å². The van der Waals surface area contributed by atoms with Gasteiger partial charge in [0.05, 0.1) is 5.69 Å². The van der Waals surface area contributed by atoms with Gasteiger partial charge in [0.15, 0.2) is 5.96 Å². The molecule has 0 saturated heterocycles. The Balaban J connectivity index is 0.00000280. The van der Waals surface area contributed by atoms with E-state index in [9.17, 15) is 8.78 Å². The Labute approximate surface area is 179 Å². The van der Waals surface area contributed by atoms with Crippen molar-refractivity contribution in [2.75, 3.05) is 7.05 Å². The van der Waals surface area contributed by atoms with Crippen LogP contribution in [0.2, 0.25) is 0 Å². The van der Waals surface area contributed by atoms with E-state index in [4.69, 9.17) is 0 Å². The molecule has 0 radical (unpaired) electrons. The minimum atomic E-state index is -0.315. The average Bonchev–Trinajstić information content (AvgIpc) is 3.09. The predicted octanol–water partition coefficient (Wildman–Crippen LogP) is 3.94. The van der Waals surface area contributed by atoms with Gasteiger partial charge in [0.25, 0.3) is 0 Å². The molecule has 0 aliphatic heterocycles. The first-order chi connectivity index (χ1) is 13.1. The van der Waals surface area contributed by atoms with Crippen molar-refractivity contribution in [3.05, 3.63) is 83.4 Å². The maximum absolute atomic E-state index is 14.4. The molecular formula is C20H22F2IN5. The van der Waals surface area contributed by atoms with Gasteiger partial charge in [0, 0.05) is 32.5 Å². The normalized spacial score (nSPS) is 11.1. The number of aromatic nitrogens is 2. The summed E-state index contributed by atoms with van der Waals surface area (Å²) in [4.78, 5) is 8.26. The third kappa shape index (κ3) is 5.51. The van der Waals surface area contributed by atoms with E-state index in [2.05, 4.69) is 20.6 Å². The second kappa shape index (κ2) is 10.2. The van der Waals surface area contributed by atoms with Crippen LogP contribution >= 0.6 is 24.0 Å². The van der Waals surface area contributed by atoms with E-state index in [0.29, 0.717) is 24.7 Å². The summed E-state index contributed by atoms with van der Waals surface area (Å²) in [6.45, 7) is 2.75. The van der Waals surface area contributed by atoms with Gasteiger partial charge in [-0.05, 0) is 42.3 Å². The minimum absolute atomic E-state index is 0. The van der Waals surface area contributed by atoms with E-state index in [1.54, 1.807) is 42.2 Å². The first kappa shape index (κ1) is 21.8. The standard InChI is InChI=1S/C20H21F2N5.HI/c1-14-24-9-10-27(14)19-8-5-16(11-18(19)22)13-26-20(23-2)25-12-15-3-6-17(21)7-4-15;/h3-11H,12-13H2,1-2H3,(H2,23,25,26);1H. The van der Waals surface area contributed by atoms with Crippen LogP contribution in [0.4, 0.5) is 8.78 Å². The number of guanidine groups is 1. The summed E-state index contributed by atoms with van der Waals surface area (Å²) in [6, 6.07) is 11.3. The molecule has 0 unspecified atom stereocenters. The van der Waals surface area contributed by atoms with Gasteiger partial charge in [-0.2, -0.15) is 0 Å². The summed E-state index contributed by atoms with van der Waals surface area (Å²) in [6.07, 6.45) is 3.37. The van der Waals surface area contributed by atoms with Crippen molar-refractivity contribution in [3.63, 3.8) is 0 Å². The Kier molecular flexibility index (Phi) is 7.91. The predicted molar refractivity (Wildman–Crippen MR) is 117 cm³/mol. The summed E-state index contributed by atoms with van der Waals surface area (Å²) in [5.41, 5.74) is 2.19. The average molecular weight is 497 g/mol. The molecule has 0 spiro atoms. The molecule has 0 aliphatic rings. The van der Waals surface area contributed by atoms with Crippen molar-refractivity contribution < 1.29 is 8.78 Å². The third-order valence-corrected chi connectivity index (χ3v) is 4.15. The van der Waals surface area contributed by atoms with E-state index >= 15 is 0 Å². The number of benzene rings is 2. The lowest BCUT2D eigenvalue weighted by Gasteiger charge is -2.13. The molecule has 1 heterocycles. The molecule has 0 aliphatic carbocycles. The monoisotopic (exact) mass is 497 g/mol. The molecule has 3 rings (SSSR count). The second-order valence-electron chi connectivity index (χ2n) is 6.04. The molecular weight excluding hydrogens is 475 g/mol. The SMILES string of the molecule is CN=C(NCc1ccc(F)cc1)NCc1ccc(-n2ccnc2C)c(F)c1.I. The fourth-order valence-corrected chi connectivity index (χ4v) is 2.68. The summed E-state index contributed by atoms with van der Waals surface area (Å²) in [5, 5.41) is 6.28. The topological polar surface area (TPSA) is 54.2 Å². The highest BCUT2D eigenvalue weighted by molar-refractivity contribution is 14.0. The summed E-state index contributed by atoms with van der Waals surface area (Å²) in [7, 11) is 1.66. The van der Waals surface area contributed by atoms with Crippen LogP contribution in [0.15, 0.2) is 59.9 Å². The van der Waals surface area contributed by atoms with Crippen LogP contribution in [0, 0.1) is 18.6 Å². The van der Waals surface area contributed by atoms with Crippen LogP contribution in [-0.4, -0.2) is 22.6 Å². The number of rotatable bonds is 5. The molecule has 28 heavy (non-hydrogen) atoms. The van der Waals surface area contributed by atoms with Gasteiger partial charge in [0.2, 0.25) is 0 Å². The van der Waals surface area contributed by atoms with Gasteiger partial charge in [-0.15, -0.1) is 24.0 Å². The number of nitrogens with zero attached hydrogens (tertiary/aromatic N) is 3. The maximum atomic E-state index is 14.4. The van der Waals surface area contributed by atoms with Gasteiger partial charge in [0.1, 0.15) is 17.5 Å². The van der Waals surface area contributed by atoms with Crippen molar-refractivity contribution >= 4 is 29.9 Å². The number of imidazole rings is 1. The fraction of sp³-hybridized carbons (Fsp3) is 0.200. The molecule has 2 N–H and O–H groups in total. The zero-order valence-corrected chi connectivity index (χ0v) is 17.9. The smallest absolute Gasteiger partial charge is 0.191 e. The highest BCUT2D eigenvalue weighted by Gasteiger charge is 2.08. The quantitative estimate of drug-likeness (QED) is 0.319. The zero-order valence-electron chi connectivity index (χ0n) is 15.6. The molecule has 0 fully saturated rings. The lowest BCUT2D eigenvalue weighted by atomic mass is 10.2. The van der Waals surface area contributed by atoms with Gasteiger partial charge in [-0.1, -0.05) is 18.2 Å². The number of hydrogen-bond acceptors (Lipinski definition) is 2. The lowest BCUT2D eigenvalue weighted by molar-refractivity contribution is 0.613. The molecule has 5 nitrogen and oxygen atoms in total. The summed E-state index contributed by atoms with van der Waals surface area (Å²) in [5.74, 6) is 0.724. The second-order valence-corrected chi connectivity index (χ2v) is 6.04. The van der Waals surface area contributed by atoms with Crippen molar-refractivity contribution in [2.45, 2.75) is 20.0 Å². The van der Waals surface area contributed by atoms with Crippen molar-refractivity contribution in [2.24, 2.45) is 4.99 Å². The van der Waals surface area contributed by atoms with E-state index < -0.39 is 0 Å². The van der Waals surface area contributed by atoms with Crippen LogP contribution in [0.1, 0.15) is 17.0 Å². The Hall–Kier alpha value is -2.49. The molecule has 3 aromatic rings. The molecule has 0 atom stereocenters. The Bertz CT molecular complexity index is 938. The summed E-state index contributed by atoms with van der Waals surface area (Å²) >= 11 is 0. The van der Waals surface area contributed by atoms with E-state index in [0.717, 1.165) is 17.0 Å². The largest absolute Gasteiger partial charge is 0.352 e. The molecule has 1 aromatic heterocycles. The maximum Gasteiger partial charge on any atom is 0.191 e. The minimum Gasteiger partial charge on any atom is -0.352 e. The Morgan fingerprint density at radius 1 is 1.04 bits per heavy atom. The molecule has 2 aromatic carbocycles. The highest BCUT2D eigenvalue weighted by atomic mass is 127. The van der Waals surface area contributed by atoms with Crippen LogP contribution < -0.4 is 10.6 Å². The highest BCUT2D eigenvalue weighted by Crippen LogP contribution is 2.16. The summed E-state index contributed by atoms with van der Waals surface area (Å²) < 4.78 is 29.1. The van der Waals surface area contributed by atoms with E-state index in [-0.39, 0.29) is 35.6 Å². The van der Waals surface area contributed by atoms with Gasteiger partial charge < -0.3 is 15.2 Å².